The van der Waals surface area contributed by atoms with Crippen LogP contribution >= 0.6 is 0 Å². The van der Waals surface area contributed by atoms with E-state index in [1.54, 1.807) is 0 Å². The second-order valence-electron chi connectivity index (χ2n) is 2.31. The molecule has 0 radical (unpaired) electrons. The second-order valence-corrected chi connectivity index (χ2v) is 2.31. The highest BCUT2D eigenvalue weighted by atomic mass is 19.1. The van der Waals surface area contributed by atoms with E-state index in [1.165, 1.54) is 25.1 Å². The van der Waals surface area contributed by atoms with Gasteiger partial charge >= 0.3 is 0 Å². The van der Waals surface area contributed by atoms with Crippen LogP contribution < -0.4 is 0 Å². The summed E-state index contributed by atoms with van der Waals surface area (Å²) in [5.74, 6) is -1.09. The van der Waals surface area contributed by atoms with Gasteiger partial charge in [-0.1, -0.05) is 18.2 Å². The normalized spacial score (nSPS) is 9.08. The number of carbonyl (C=O) groups is 1. The molecule has 0 amide bonds. The van der Waals surface area contributed by atoms with Gasteiger partial charge in [-0.15, -0.1) is 0 Å². The molecule has 0 bridgehead atoms. The number of Topliss-reactive ketones (excluding diaryl/α,β-unsaturated/α-hetero) is 1. The van der Waals surface area contributed by atoms with Crippen LogP contribution in [0.25, 0.3) is 4.85 Å². The highest BCUT2D eigenvalue weighted by Gasteiger charge is 2.10. The van der Waals surface area contributed by atoms with Crippen LogP contribution in [0.4, 0.5) is 10.1 Å². The van der Waals surface area contributed by atoms with Crippen LogP contribution in [0, 0.1) is 12.4 Å². The number of hydrogen-bond donors (Lipinski definition) is 0. The predicted molar refractivity (Wildman–Crippen MR) is 42.7 cm³/mol. The molecule has 2 nitrogen and oxygen atoms in total. The molecular weight excluding hydrogens is 157 g/mol. The van der Waals surface area contributed by atoms with Crippen molar-refractivity contribution >= 4 is 11.5 Å². The van der Waals surface area contributed by atoms with Gasteiger partial charge in [-0.25, -0.2) is 9.24 Å². The first-order valence-corrected chi connectivity index (χ1v) is 3.33. The van der Waals surface area contributed by atoms with Crippen LogP contribution in [0.1, 0.15) is 17.3 Å². The number of hydrogen-bond acceptors (Lipinski definition) is 1. The summed E-state index contributed by atoms with van der Waals surface area (Å²) < 4.78 is 13.1. The first kappa shape index (κ1) is 8.41. The molecule has 12 heavy (non-hydrogen) atoms. The minimum absolute atomic E-state index is 0.0245. The van der Waals surface area contributed by atoms with Crippen molar-refractivity contribution in [1.29, 1.82) is 0 Å². The Morgan fingerprint density at radius 1 is 1.58 bits per heavy atom. The molecule has 0 heterocycles. The quantitative estimate of drug-likeness (QED) is 0.460. The van der Waals surface area contributed by atoms with E-state index in [2.05, 4.69) is 4.85 Å². The Balaban J connectivity index is 3.35. The van der Waals surface area contributed by atoms with Gasteiger partial charge in [0.1, 0.15) is 5.82 Å². The van der Waals surface area contributed by atoms with Gasteiger partial charge in [-0.05, 0) is 6.92 Å². The van der Waals surface area contributed by atoms with Crippen molar-refractivity contribution in [1.82, 2.24) is 0 Å². The van der Waals surface area contributed by atoms with Crippen LogP contribution in [0.2, 0.25) is 0 Å². The fraction of sp³-hybridized carbons (Fsp3) is 0.111. The number of nitrogens with zero attached hydrogens (tertiary/aromatic N) is 1. The molecule has 0 N–H and O–H groups in total. The molecule has 0 aliphatic rings. The first-order valence-electron chi connectivity index (χ1n) is 3.33. The highest BCUT2D eigenvalue weighted by molar-refractivity contribution is 5.95. The van der Waals surface area contributed by atoms with Gasteiger partial charge in [0.2, 0.25) is 5.69 Å². The van der Waals surface area contributed by atoms with E-state index < -0.39 is 5.82 Å². The summed E-state index contributed by atoms with van der Waals surface area (Å²) in [4.78, 5) is 13.7. The number of carbonyl (C=O) groups excluding carboxylic acids is 1. The van der Waals surface area contributed by atoms with Crippen molar-refractivity contribution in [3.63, 3.8) is 0 Å². The van der Waals surface area contributed by atoms with Gasteiger partial charge in [0.05, 0.1) is 6.57 Å². The lowest BCUT2D eigenvalue weighted by Crippen LogP contribution is -1.95. The van der Waals surface area contributed by atoms with Crippen molar-refractivity contribution in [2.75, 3.05) is 0 Å². The fourth-order valence-electron chi connectivity index (χ4n) is 0.878. The standard InChI is InChI=1S/C9H6FNO/c1-6(12)7-4-3-5-8(11-2)9(7)10/h3-5H,1H3. The maximum Gasteiger partial charge on any atom is 0.222 e. The minimum atomic E-state index is -0.722. The summed E-state index contributed by atoms with van der Waals surface area (Å²) in [6.45, 7) is 7.87. The van der Waals surface area contributed by atoms with Crippen molar-refractivity contribution in [3.05, 3.63) is 41.0 Å². The lowest BCUT2D eigenvalue weighted by Gasteiger charge is -1.98. The number of rotatable bonds is 1. The third-order valence-corrected chi connectivity index (χ3v) is 1.48. The average Bonchev–Trinajstić information content (AvgIpc) is 2.04. The van der Waals surface area contributed by atoms with E-state index in [9.17, 15) is 9.18 Å². The van der Waals surface area contributed by atoms with Crippen LogP contribution in [-0.2, 0) is 0 Å². The van der Waals surface area contributed by atoms with Gasteiger partial charge in [-0.3, -0.25) is 4.79 Å². The van der Waals surface area contributed by atoms with Crippen LogP contribution in [0.5, 0.6) is 0 Å². The SMILES string of the molecule is [C-]#[N+]c1cccc(C(C)=O)c1F. The Bertz CT molecular complexity index is 365. The molecule has 1 rings (SSSR count). The molecule has 60 valence electrons. The van der Waals surface area contributed by atoms with Crippen molar-refractivity contribution in [2.24, 2.45) is 0 Å². The predicted octanol–water partition coefficient (Wildman–Crippen LogP) is 2.58. The fourth-order valence-corrected chi connectivity index (χ4v) is 0.878. The molecule has 1 aromatic carbocycles. The highest BCUT2D eigenvalue weighted by Crippen LogP contribution is 2.20. The third kappa shape index (κ3) is 1.32. The summed E-state index contributed by atoms with van der Waals surface area (Å²) in [6.07, 6.45) is 0. The molecule has 3 heteroatoms. The first-order chi connectivity index (χ1) is 5.66. The maximum absolute atomic E-state index is 13.1. The smallest absolute Gasteiger partial charge is 0.222 e. The van der Waals surface area contributed by atoms with Crippen LogP contribution in [0.15, 0.2) is 18.2 Å². The summed E-state index contributed by atoms with van der Waals surface area (Å²) in [6, 6.07) is 4.20. The molecule has 0 fully saturated rings. The number of halogens is 1. The van der Waals surface area contributed by atoms with E-state index in [4.69, 9.17) is 6.57 Å². The molecule has 0 spiro atoms. The van der Waals surface area contributed by atoms with Crippen molar-refractivity contribution in [3.8, 4) is 0 Å². The van der Waals surface area contributed by atoms with Gasteiger partial charge in [0.15, 0.2) is 5.78 Å². The molecule has 0 aliphatic heterocycles. The molecule has 0 aromatic heterocycles. The van der Waals surface area contributed by atoms with E-state index in [0.29, 0.717) is 0 Å². The average molecular weight is 163 g/mol. The molecule has 0 saturated heterocycles. The van der Waals surface area contributed by atoms with E-state index >= 15 is 0 Å². The largest absolute Gasteiger partial charge is 0.294 e. The lowest BCUT2D eigenvalue weighted by molar-refractivity contribution is 0.101. The second kappa shape index (κ2) is 3.14. The Morgan fingerprint density at radius 3 is 2.75 bits per heavy atom. The lowest BCUT2D eigenvalue weighted by atomic mass is 10.1. The van der Waals surface area contributed by atoms with Gasteiger partial charge in [0.25, 0.3) is 0 Å². The topological polar surface area (TPSA) is 21.4 Å². The van der Waals surface area contributed by atoms with Gasteiger partial charge in [0, 0.05) is 5.56 Å². The minimum Gasteiger partial charge on any atom is -0.294 e. The van der Waals surface area contributed by atoms with Gasteiger partial charge < -0.3 is 0 Å². The Kier molecular flexibility index (Phi) is 2.20. The third-order valence-electron chi connectivity index (χ3n) is 1.48. The zero-order valence-corrected chi connectivity index (χ0v) is 6.47. The molecule has 1 aromatic rings. The molecule has 0 unspecified atom stereocenters. The maximum atomic E-state index is 13.1. The Labute approximate surface area is 69.5 Å². The molecule has 0 aliphatic carbocycles. The summed E-state index contributed by atoms with van der Waals surface area (Å²) in [7, 11) is 0. The summed E-state index contributed by atoms with van der Waals surface area (Å²) >= 11 is 0. The van der Waals surface area contributed by atoms with Crippen LogP contribution in [-0.4, -0.2) is 5.78 Å². The number of benzene rings is 1. The molecular formula is C9H6FNO. The number of ketones is 1. The van der Waals surface area contributed by atoms with E-state index in [1.807, 2.05) is 0 Å². The van der Waals surface area contributed by atoms with Crippen LogP contribution in [0.3, 0.4) is 0 Å². The zero-order chi connectivity index (χ0) is 9.14. The van der Waals surface area contributed by atoms with E-state index in [-0.39, 0.29) is 17.0 Å². The Hall–Kier alpha value is -1.69. The molecule has 0 saturated carbocycles. The summed E-state index contributed by atoms with van der Waals surface area (Å²) in [5.41, 5.74) is -0.133. The van der Waals surface area contributed by atoms with E-state index in [0.717, 1.165) is 0 Å². The monoisotopic (exact) mass is 163 g/mol. The Morgan fingerprint density at radius 2 is 2.25 bits per heavy atom. The summed E-state index contributed by atoms with van der Waals surface area (Å²) in [5, 5.41) is 0. The zero-order valence-electron chi connectivity index (χ0n) is 6.47. The van der Waals surface area contributed by atoms with Crippen molar-refractivity contribution < 1.29 is 9.18 Å². The van der Waals surface area contributed by atoms with Crippen molar-refractivity contribution in [2.45, 2.75) is 6.92 Å². The van der Waals surface area contributed by atoms with Gasteiger partial charge in [-0.2, -0.15) is 0 Å². The molecule has 0 atom stereocenters.